The Kier molecular flexibility index (Phi) is 3.44. The molecule has 3 aromatic carbocycles. The van der Waals surface area contributed by atoms with Gasteiger partial charge in [0, 0.05) is 23.5 Å². The molecule has 0 aromatic heterocycles. The molecular formula is C18H14N2O. The maximum atomic E-state index is 9.18. The van der Waals surface area contributed by atoms with Crippen molar-refractivity contribution in [2.75, 3.05) is 12.4 Å². The fourth-order valence-corrected chi connectivity index (χ4v) is 2.27. The third-order valence-electron chi connectivity index (χ3n) is 3.38. The van der Waals surface area contributed by atoms with Crippen LogP contribution >= 0.6 is 0 Å². The molecule has 0 saturated heterocycles. The van der Waals surface area contributed by atoms with E-state index in [2.05, 4.69) is 11.4 Å². The van der Waals surface area contributed by atoms with Crippen LogP contribution in [0, 0.1) is 11.3 Å². The Bertz CT molecular complexity index is 817. The first kappa shape index (κ1) is 13.0. The fourth-order valence-electron chi connectivity index (χ4n) is 2.27. The van der Waals surface area contributed by atoms with E-state index in [0.717, 1.165) is 28.0 Å². The molecule has 102 valence electrons. The number of hydrogen-bond acceptors (Lipinski definition) is 3. The van der Waals surface area contributed by atoms with Crippen LogP contribution in [0.25, 0.3) is 10.8 Å². The molecule has 0 saturated carbocycles. The second-order valence-corrected chi connectivity index (χ2v) is 4.65. The van der Waals surface area contributed by atoms with Gasteiger partial charge in [0.2, 0.25) is 0 Å². The number of hydrogen-bond donors (Lipinski definition) is 1. The lowest BCUT2D eigenvalue weighted by Gasteiger charge is -2.10. The summed E-state index contributed by atoms with van der Waals surface area (Å²) in [4.78, 5) is 0. The SMILES string of the molecule is CNc1ccc(Oc2ccc(C#N)c3ccccc23)cc1. The van der Waals surface area contributed by atoms with Gasteiger partial charge in [-0.1, -0.05) is 24.3 Å². The molecule has 0 aliphatic rings. The summed E-state index contributed by atoms with van der Waals surface area (Å²) in [6, 6.07) is 21.4. The average Bonchev–Trinajstić information content (AvgIpc) is 2.56. The minimum Gasteiger partial charge on any atom is -0.457 e. The van der Waals surface area contributed by atoms with Gasteiger partial charge >= 0.3 is 0 Å². The molecule has 3 nitrogen and oxygen atoms in total. The van der Waals surface area contributed by atoms with Gasteiger partial charge in [-0.15, -0.1) is 0 Å². The minimum atomic E-state index is 0.656. The van der Waals surface area contributed by atoms with Crippen LogP contribution in [0.5, 0.6) is 11.5 Å². The summed E-state index contributed by atoms with van der Waals surface area (Å²) in [5.74, 6) is 1.52. The van der Waals surface area contributed by atoms with E-state index in [1.807, 2.05) is 61.6 Å². The molecule has 0 unspecified atom stereocenters. The Morgan fingerprint density at radius 2 is 1.62 bits per heavy atom. The highest BCUT2D eigenvalue weighted by Crippen LogP contribution is 2.32. The summed E-state index contributed by atoms with van der Waals surface area (Å²) in [6.45, 7) is 0. The normalized spacial score (nSPS) is 10.1. The lowest BCUT2D eigenvalue weighted by molar-refractivity contribution is 0.488. The second kappa shape index (κ2) is 5.56. The van der Waals surface area contributed by atoms with E-state index in [9.17, 15) is 5.26 Å². The summed E-state index contributed by atoms with van der Waals surface area (Å²) in [5.41, 5.74) is 1.69. The van der Waals surface area contributed by atoms with Crippen LogP contribution in [-0.4, -0.2) is 7.05 Å². The van der Waals surface area contributed by atoms with Crippen molar-refractivity contribution < 1.29 is 4.74 Å². The largest absolute Gasteiger partial charge is 0.457 e. The van der Waals surface area contributed by atoms with Crippen LogP contribution in [-0.2, 0) is 0 Å². The molecule has 21 heavy (non-hydrogen) atoms. The molecule has 3 heteroatoms. The Morgan fingerprint density at radius 3 is 2.29 bits per heavy atom. The zero-order valence-electron chi connectivity index (χ0n) is 11.6. The maximum absolute atomic E-state index is 9.18. The Morgan fingerprint density at radius 1 is 0.905 bits per heavy atom. The zero-order chi connectivity index (χ0) is 14.7. The van der Waals surface area contributed by atoms with Gasteiger partial charge in [0.1, 0.15) is 11.5 Å². The summed E-state index contributed by atoms with van der Waals surface area (Å²) in [7, 11) is 1.88. The third-order valence-corrected chi connectivity index (χ3v) is 3.38. The molecule has 0 fully saturated rings. The van der Waals surface area contributed by atoms with Gasteiger partial charge < -0.3 is 10.1 Å². The smallest absolute Gasteiger partial charge is 0.135 e. The van der Waals surface area contributed by atoms with E-state index in [1.54, 1.807) is 6.07 Å². The summed E-state index contributed by atoms with van der Waals surface area (Å²) < 4.78 is 5.95. The first-order valence-electron chi connectivity index (χ1n) is 6.69. The van der Waals surface area contributed by atoms with Gasteiger partial charge in [-0.2, -0.15) is 5.26 Å². The standard InChI is InChI=1S/C18H14N2O/c1-20-14-7-9-15(10-8-14)21-18-11-6-13(12-19)16-4-2-3-5-17(16)18/h2-11,20H,1H3. The molecular weight excluding hydrogens is 260 g/mol. The van der Waals surface area contributed by atoms with Crippen molar-refractivity contribution in [1.29, 1.82) is 5.26 Å². The quantitative estimate of drug-likeness (QED) is 0.762. The van der Waals surface area contributed by atoms with Gasteiger partial charge in [-0.25, -0.2) is 0 Å². The van der Waals surface area contributed by atoms with E-state index in [1.165, 1.54) is 0 Å². The topological polar surface area (TPSA) is 45.0 Å². The average molecular weight is 274 g/mol. The van der Waals surface area contributed by atoms with Crippen LogP contribution in [0.3, 0.4) is 0 Å². The lowest BCUT2D eigenvalue weighted by atomic mass is 10.0. The Labute approximate surface area is 123 Å². The van der Waals surface area contributed by atoms with Crippen molar-refractivity contribution in [3.63, 3.8) is 0 Å². The predicted octanol–water partition coefficient (Wildman–Crippen LogP) is 4.55. The first-order chi connectivity index (χ1) is 10.3. The number of nitriles is 1. The maximum Gasteiger partial charge on any atom is 0.135 e. The van der Waals surface area contributed by atoms with Gasteiger partial charge in [-0.05, 0) is 36.4 Å². The zero-order valence-corrected chi connectivity index (χ0v) is 11.6. The highest BCUT2D eigenvalue weighted by Gasteiger charge is 2.07. The number of benzene rings is 3. The van der Waals surface area contributed by atoms with Crippen molar-refractivity contribution in [2.24, 2.45) is 0 Å². The van der Waals surface area contributed by atoms with E-state index in [0.29, 0.717) is 5.56 Å². The van der Waals surface area contributed by atoms with Crippen LogP contribution in [0.1, 0.15) is 5.56 Å². The van der Waals surface area contributed by atoms with E-state index in [4.69, 9.17) is 4.74 Å². The van der Waals surface area contributed by atoms with Gasteiger partial charge in [0.25, 0.3) is 0 Å². The van der Waals surface area contributed by atoms with Crippen LogP contribution in [0.4, 0.5) is 5.69 Å². The Balaban J connectivity index is 2.02. The Hall–Kier alpha value is -2.99. The summed E-state index contributed by atoms with van der Waals surface area (Å²) in [6.07, 6.45) is 0. The number of fused-ring (bicyclic) bond motifs is 1. The molecule has 1 N–H and O–H groups in total. The monoisotopic (exact) mass is 274 g/mol. The van der Waals surface area contributed by atoms with Crippen molar-refractivity contribution in [3.05, 3.63) is 66.2 Å². The third kappa shape index (κ3) is 2.52. The minimum absolute atomic E-state index is 0.656. The van der Waals surface area contributed by atoms with Crippen molar-refractivity contribution in [2.45, 2.75) is 0 Å². The molecule has 3 aromatic rings. The van der Waals surface area contributed by atoms with E-state index in [-0.39, 0.29) is 0 Å². The number of nitrogens with one attached hydrogen (secondary N) is 1. The lowest BCUT2D eigenvalue weighted by Crippen LogP contribution is -1.90. The second-order valence-electron chi connectivity index (χ2n) is 4.65. The molecule has 0 spiro atoms. The van der Waals surface area contributed by atoms with E-state index < -0.39 is 0 Å². The summed E-state index contributed by atoms with van der Waals surface area (Å²) >= 11 is 0. The van der Waals surface area contributed by atoms with Gasteiger partial charge in [0.05, 0.1) is 11.6 Å². The fraction of sp³-hybridized carbons (Fsp3) is 0.0556. The molecule has 0 radical (unpaired) electrons. The number of rotatable bonds is 3. The van der Waals surface area contributed by atoms with Gasteiger partial charge in [-0.3, -0.25) is 0 Å². The highest BCUT2D eigenvalue weighted by molar-refractivity contribution is 5.92. The number of ether oxygens (including phenoxy) is 1. The number of nitrogens with zero attached hydrogens (tertiary/aromatic N) is 1. The molecule has 0 aliphatic carbocycles. The molecule has 0 atom stereocenters. The molecule has 3 rings (SSSR count). The van der Waals surface area contributed by atoms with Crippen molar-refractivity contribution >= 4 is 16.5 Å². The van der Waals surface area contributed by atoms with Crippen LogP contribution in [0.15, 0.2) is 60.7 Å². The van der Waals surface area contributed by atoms with Crippen LogP contribution < -0.4 is 10.1 Å². The van der Waals surface area contributed by atoms with E-state index >= 15 is 0 Å². The predicted molar refractivity (Wildman–Crippen MR) is 84.7 cm³/mol. The molecule has 0 bridgehead atoms. The van der Waals surface area contributed by atoms with Gasteiger partial charge in [0.15, 0.2) is 0 Å². The highest BCUT2D eigenvalue weighted by atomic mass is 16.5. The van der Waals surface area contributed by atoms with Crippen molar-refractivity contribution in [3.8, 4) is 17.6 Å². The van der Waals surface area contributed by atoms with Crippen LogP contribution in [0.2, 0.25) is 0 Å². The van der Waals surface area contributed by atoms with Crippen molar-refractivity contribution in [1.82, 2.24) is 0 Å². The summed E-state index contributed by atoms with van der Waals surface area (Å²) in [5, 5.41) is 14.1. The molecule has 0 aliphatic heterocycles. The first-order valence-corrected chi connectivity index (χ1v) is 6.69. The molecule has 0 amide bonds. The molecule has 0 heterocycles. The number of anilines is 1.